The van der Waals surface area contributed by atoms with E-state index in [1.165, 1.54) is 22.3 Å². The molecule has 1 aliphatic heterocycles. The average Bonchev–Trinajstić information content (AvgIpc) is 2.82. The van der Waals surface area contributed by atoms with Crippen LogP contribution in [0.25, 0.3) is 6.08 Å². The van der Waals surface area contributed by atoms with E-state index < -0.39 is 0 Å². The van der Waals surface area contributed by atoms with Crippen molar-refractivity contribution in [2.45, 2.75) is 52.0 Å². The number of hydrogen-bond donors (Lipinski definition) is 0. The molecule has 0 N–H and O–H groups in total. The Bertz CT molecular complexity index is 1270. The number of ether oxygens (including phenoxy) is 2. The molecule has 35 heavy (non-hydrogen) atoms. The van der Waals surface area contributed by atoms with Crippen LogP contribution in [0.3, 0.4) is 0 Å². The second-order valence-corrected chi connectivity index (χ2v) is 10.3. The van der Waals surface area contributed by atoms with Crippen LogP contribution in [0.15, 0.2) is 66.7 Å². The topological polar surface area (TPSA) is 38.8 Å². The van der Waals surface area contributed by atoms with Gasteiger partial charge in [0.1, 0.15) is 0 Å². The Kier molecular flexibility index (Phi) is 6.50. The minimum absolute atomic E-state index is 0.0409. The van der Waals surface area contributed by atoms with Gasteiger partial charge in [-0.25, -0.2) is 0 Å². The van der Waals surface area contributed by atoms with Crippen LogP contribution >= 0.6 is 0 Å². The fourth-order valence-corrected chi connectivity index (χ4v) is 5.45. The lowest BCUT2D eigenvalue weighted by molar-refractivity contribution is -0.115. The third-order valence-electron chi connectivity index (χ3n) is 7.11. The molecule has 0 saturated heterocycles. The van der Waals surface area contributed by atoms with Crippen molar-refractivity contribution in [3.8, 4) is 11.5 Å². The van der Waals surface area contributed by atoms with Crippen LogP contribution in [-0.2, 0) is 10.2 Å². The third kappa shape index (κ3) is 4.58. The zero-order valence-corrected chi connectivity index (χ0v) is 21.8. The fraction of sp³-hybridized carbons (Fsp3) is 0.323. The summed E-state index contributed by atoms with van der Waals surface area (Å²) in [5, 5.41) is 0. The molecule has 4 heteroatoms. The van der Waals surface area contributed by atoms with Gasteiger partial charge in [0.05, 0.1) is 14.2 Å². The second-order valence-electron chi connectivity index (χ2n) is 10.3. The standard InChI is InChI=1S/C31H35NO3/c1-21-8-13-24(14-9-21)31(5)20-30(3,4)32(26-15-10-22(2)18-25(26)31)29(33)17-12-23-11-16-27(34-6)28(19-23)35-7/h8-19H,20H2,1-7H3/b17-12+/t31-/m0/s1. The third-order valence-corrected chi connectivity index (χ3v) is 7.11. The highest BCUT2D eigenvalue weighted by molar-refractivity contribution is 6.06. The van der Waals surface area contributed by atoms with Crippen LogP contribution in [-0.4, -0.2) is 25.7 Å². The molecule has 3 aromatic carbocycles. The first-order valence-electron chi connectivity index (χ1n) is 12.0. The number of hydrogen-bond acceptors (Lipinski definition) is 3. The first kappa shape index (κ1) is 24.6. The van der Waals surface area contributed by atoms with Crippen molar-refractivity contribution in [3.63, 3.8) is 0 Å². The summed E-state index contributed by atoms with van der Waals surface area (Å²) in [4.78, 5) is 15.6. The van der Waals surface area contributed by atoms with Crippen molar-refractivity contribution in [1.29, 1.82) is 0 Å². The van der Waals surface area contributed by atoms with E-state index in [4.69, 9.17) is 9.47 Å². The van der Waals surface area contributed by atoms with Gasteiger partial charge in [-0.2, -0.15) is 0 Å². The highest BCUT2D eigenvalue weighted by atomic mass is 16.5. The Balaban J connectivity index is 1.75. The predicted octanol–water partition coefficient (Wildman–Crippen LogP) is 6.86. The minimum atomic E-state index is -0.388. The van der Waals surface area contributed by atoms with Gasteiger partial charge in [-0.3, -0.25) is 4.79 Å². The molecule has 0 unspecified atom stereocenters. The van der Waals surface area contributed by atoms with Gasteiger partial charge in [0.25, 0.3) is 5.91 Å². The average molecular weight is 470 g/mol. The SMILES string of the molecule is COc1ccc(/C=C/C(=O)N2c3ccc(C)cc3[C@](C)(c3ccc(C)cc3)CC2(C)C)cc1OC. The van der Waals surface area contributed by atoms with Crippen molar-refractivity contribution in [3.05, 3.63) is 94.6 Å². The number of anilines is 1. The molecule has 3 aromatic rings. The molecule has 0 fully saturated rings. The van der Waals surface area contributed by atoms with Crippen LogP contribution < -0.4 is 14.4 Å². The Labute approximate surface area is 209 Å². The molecule has 0 radical (unpaired) electrons. The molecular formula is C31H35NO3. The van der Waals surface area contributed by atoms with E-state index in [1.807, 2.05) is 29.2 Å². The predicted molar refractivity (Wildman–Crippen MR) is 144 cm³/mol. The molecule has 1 atom stereocenters. The molecule has 1 heterocycles. The number of rotatable bonds is 5. The van der Waals surface area contributed by atoms with E-state index in [1.54, 1.807) is 20.3 Å². The molecule has 0 saturated carbocycles. The summed E-state index contributed by atoms with van der Waals surface area (Å²) in [5.74, 6) is 1.25. The lowest BCUT2D eigenvalue weighted by Gasteiger charge is -2.51. The van der Waals surface area contributed by atoms with Crippen LogP contribution in [0.1, 0.15) is 55.0 Å². The summed E-state index contributed by atoms with van der Waals surface area (Å²) < 4.78 is 10.7. The molecule has 0 aliphatic carbocycles. The highest BCUT2D eigenvalue weighted by Crippen LogP contribution is 2.50. The Morgan fingerprint density at radius 3 is 2.17 bits per heavy atom. The van der Waals surface area contributed by atoms with Crippen molar-refractivity contribution in [2.24, 2.45) is 0 Å². The molecule has 4 rings (SSSR count). The zero-order valence-electron chi connectivity index (χ0n) is 21.8. The first-order chi connectivity index (χ1) is 16.6. The Morgan fingerprint density at radius 2 is 1.51 bits per heavy atom. The molecule has 182 valence electrons. The van der Waals surface area contributed by atoms with Gasteiger partial charge in [0, 0.05) is 22.7 Å². The Morgan fingerprint density at radius 1 is 0.857 bits per heavy atom. The summed E-state index contributed by atoms with van der Waals surface area (Å²) in [6.07, 6.45) is 4.30. The van der Waals surface area contributed by atoms with Crippen LogP contribution in [0, 0.1) is 13.8 Å². The summed E-state index contributed by atoms with van der Waals surface area (Å²) in [5.41, 5.74) is 6.15. The van der Waals surface area contributed by atoms with E-state index >= 15 is 0 Å². The van der Waals surface area contributed by atoms with E-state index in [2.05, 4.69) is 77.1 Å². The van der Waals surface area contributed by atoms with Gasteiger partial charge in [0.15, 0.2) is 11.5 Å². The maximum Gasteiger partial charge on any atom is 0.251 e. The number of aryl methyl sites for hydroxylation is 2. The summed E-state index contributed by atoms with van der Waals surface area (Å²) in [6, 6.07) is 20.9. The number of carbonyl (C=O) groups excluding carboxylic acids is 1. The van der Waals surface area contributed by atoms with Gasteiger partial charge in [0.2, 0.25) is 0 Å². The number of methoxy groups -OCH3 is 2. The largest absolute Gasteiger partial charge is 0.493 e. The quantitative estimate of drug-likeness (QED) is 0.383. The van der Waals surface area contributed by atoms with Crippen molar-refractivity contribution in [1.82, 2.24) is 0 Å². The molecule has 1 aliphatic rings. The fourth-order valence-electron chi connectivity index (χ4n) is 5.45. The lowest BCUT2D eigenvalue weighted by Crippen LogP contribution is -2.55. The van der Waals surface area contributed by atoms with E-state index in [9.17, 15) is 4.79 Å². The Hall–Kier alpha value is -3.53. The van der Waals surface area contributed by atoms with Crippen LogP contribution in [0.5, 0.6) is 11.5 Å². The minimum Gasteiger partial charge on any atom is -0.493 e. The summed E-state index contributed by atoms with van der Waals surface area (Å²) in [6.45, 7) is 10.8. The number of nitrogens with zero attached hydrogens (tertiary/aromatic N) is 1. The summed E-state index contributed by atoms with van der Waals surface area (Å²) >= 11 is 0. The van der Waals surface area contributed by atoms with E-state index in [0.717, 1.165) is 17.7 Å². The lowest BCUT2D eigenvalue weighted by atomic mass is 9.65. The summed E-state index contributed by atoms with van der Waals surface area (Å²) in [7, 11) is 3.22. The zero-order chi connectivity index (χ0) is 25.4. The number of fused-ring (bicyclic) bond motifs is 1. The monoisotopic (exact) mass is 469 g/mol. The smallest absolute Gasteiger partial charge is 0.251 e. The van der Waals surface area contributed by atoms with Crippen molar-refractivity contribution in [2.75, 3.05) is 19.1 Å². The normalized spacial score (nSPS) is 18.9. The first-order valence-corrected chi connectivity index (χ1v) is 12.0. The molecule has 1 amide bonds. The van der Waals surface area contributed by atoms with Crippen molar-refractivity contribution >= 4 is 17.7 Å². The van der Waals surface area contributed by atoms with Gasteiger partial charge in [-0.15, -0.1) is 0 Å². The molecular weight excluding hydrogens is 434 g/mol. The maximum absolute atomic E-state index is 13.7. The molecule has 0 aromatic heterocycles. The number of benzene rings is 3. The van der Waals surface area contributed by atoms with Crippen LogP contribution in [0.4, 0.5) is 5.69 Å². The maximum atomic E-state index is 13.7. The highest BCUT2D eigenvalue weighted by Gasteiger charge is 2.47. The van der Waals surface area contributed by atoms with Crippen molar-refractivity contribution < 1.29 is 14.3 Å². The van der Waals surface area contributed by atoms with E-state index in [-0.39, 0.29) is 16.9 Å². The van der Waals surface area contributed by atoms with E-state index in [0.29, 0.717) is 11.5 Å². The van der Waals surface area contributed by atoms with Gasteiger partial charge >= 0.3 is 0 Å². The number of carbonyl (C=O) groups is 1. The molecule has 4 nitrogen and oxygen atoms in total. The number of amides is 1. The molecule has 0 spiro atoms. The molecule has 0 bridgehead atoms. The van der Waals surface area contributed by atoms with Crippen LogP contribution in [0.2, 0.25) is 0 Å². The van der Waals surface area contributed by atoms with Gasteiger partial charge in [-0.05, 0) is 75.1 Å². The van der Waals surface area contributed by atoms with Gasteiger partial charge < -0.3 is 14.4 Å². The van der Waals surface area contributed by atoms with Gasteiger partial charge in [-0.1, -0.05) is 60.5 Å². The second kappa shape index (κ2) is 9.26.